The van der Waals surface area contributed by atoms with E-state index in [0.29, 0.717) is 45.2 Å². The molecule has 37 heavy (non-hydrogen) atoms. The lowest BCUT2D eigenvalue weighted by molar-refractivity contribution is -0.126. The Balaban J connectivity index is 1.86. The summed E-state index contributed by atoms with van der Waals surface area (Å²) in [6.45, 7) is 14.9. The van der Waals surface area contributed by atoms with Crippen molar-refractivity contribution in [2.24, 2.45) is 5.92 Å². The van der Waals surface area contributed by atoms with E-state index < -0.39 is 17.2 Å². The molecule has 1 aliphatic rings. The van der Waals surface area contributed by atoms with Gasteiger partial charge in [-0.05, 0) is 57.7 Å². The van der Waals surface area contributed by atoms with Crippen LogP contribution in [0.5, 0.6) is 5.75 Å². The number of hydrogen-bond acceptors (Lipinski definition) is 7. The molecule has 1 aromatic carbocycles. The number of alkyl carbamates (subject to hydrolysis) is 1. The maximum atomic E-state index is 13.1. The normalized spacial score (nSPS) is 16.1. The van der Waals surface area contributed by atoms with Gasteiger partial charge in [0.05, 0.1) is 0 Å². The Labute approximate surface area is 220 Å². The van der Waals surface area contributed by atoms with Gasteiger partial charge in [0, 0.05) is 45.7 Å². The van der Waals surface area contributed by atoms with E-state index in [1.54, 1.807) is 36.1 Å². The van der Waals surface area contributed by atoms with Gasteiger partial charge in [-0.3, -0.25) is 9.69 Å². The molecular weight excluding hydrogens is 476 g/mol. The third-order valence-corrected chi connectivity index (χ3v) is 6.05. The van der Waals surface area contributed by atoms with Gasteiger partial charge in [0.2, 0.25) is 5.91 Å². The van der Waals surface area contributed by atoms with Crippen LogP contribution in [0.2, 0.25) is 0 Å². The number of rotatable bonds is 10. The number of phenols is 1. The summed E-state index contributed by atoms with van der Waals surface area (Å²) in [5, 5.41) is 15.2. The minimum atomic E-state index is -1.23. The van der Waals surface area contributed by atoms with Gasteiger partial charge in [0.25, 0.3) is 0 Å². The zero-order chi connectivity index (χ0) is 27.6. The van der Waals surface area contributed by atoms with Crippen molar-refractivity contribution in [1.82, 2.24) is 20.4 Å². The molecule has 10 heteroatoms. The minimum Gasteiger partial charge on any atom is -0.508 e. The maximum absolute atomic E-state index is 13.1. The van der Waals surface area contributed by atoms with E-state index in [1.165, 1.54) is 0 Å². The third kappa shape index (κ3) is 10.9. The molecule has 1 heterocycles. The molecular formula is C27H44N4O6. The van der Waals surface area contributed by atoms with Gasteiger partial charge in [0.15, 0.2) is 0 Å². The molecule has 3 amide bonds. The molecule has 1 saturated heterocycles. The van der Waals surface area contributed by atoms with Crippen molar-refractivity contribution in [3.8, 4) is 5.75 Å². The van der Waals surface area contributed by atoms with Gasteiger partial charge >= 0.3 is 12.2 Å². The molecule has 1 aliphatic heterocycles. The average molecular weight is 521 g/mol. The van der Waals surface area contributed by atoms with Crippen molar-refractivity contribution in [2.45, 2.75) is 65.5 Å². The number of phenolic OH excluding ortho intramolecular Hbond substituents is 1. The highest BCUT2D eigenvalue weighted by Crippen LogP contribution is 2.18. The Bertz CT molecular complexity index is 891. The SMILES string of the molecule is CC(C)CCNC(=O)[C@](C)(Cc1ccc(O)cc1)NC(=O)OCCN1CCN(C(=O)OC(C)(C)C)CC1. The Morgan fingerprint density at radius 1 is 1.03 bits per heavy atom. The van der Waals surface area contributed by atoms with Gasteiger partial charge < -0.3 is 30.1 Å². The van der Waals surface area contributed by atoms with Crippen LogP contribution in [0.4, 0.5) is 9.59 Å². The van der Waals surface area contributed by atoms with Crippen LogP contribution >= 0.6 is 0 Å². The van der Waals surface area contributed by atoms with E-state index in [2.05, 4.69) is 29.4 Å². The van der Waals surface area contributed by atoms with E-state index in [-0.39, 0.29) is 30.8 Å². The molecule has 3 N–H and O–H groups in total. The minimum absolute atomic E-state index is 0.131. The molecule has 1 atom stereocenters. The molecule has 2 rings (SSSR count). The summed E-state index contributed by atoms with van der Waals surface area (Å²) in [5.74, 6) is 0.273. The Kier molecular flexibility index (Phi) is 11.0. The van der Waals surface area contributed by atoms with E-state index in [9.17, 15) is 19.5 Å². The number of piperazine rings is 1. The molecule has 0 spiro atoms. The molecule has 1 aromatic rings. The van der Waals surface area contributed by atoms with Crippen LogP contribution in [0.25, 0.3) is 0 Å². The zero-order valence-electron chi connectivity index (χ0n) is 23.1. The topological polar surface area (TPSA) is 120 Å². The van der Waals surface area contributed by atoms with Gasteiger partial charge in [-0.15, -0.1) is 0 Å². The van der Waals surface area contributed by atoms with Gasteiger partial charge in [0.1, 0.15) is 23.5 Å². The number of carbonyl (C=O) groups excluding carboxylic acids is 3. The summed E-state index contributed by atoms with van der Waals surface area (Å²) < 4.78 is 10.8. The Morgan fingerprint density at radius 2 is 1.65 bits per heavy atom. The van der Waals surface area contributed by atoms with Crippen LogP contribution in [0, 0.1) is 5.92 Å². The summed E-state index contributed by atoms with van der Waals surface area (Å²) in [4.78, 5) is 41.7. The molecule has 0 aromatic heterocycles. The quantitative estimate of drug-likeness (QED) is 0.433. The van der Waals surface area contributed by atoms with Crippen molar-refractivity contribution in [1.29, 1.82) is 0 Å². The van der Waals surface area contributed by atoms with Crippen LogP contribution < -0.4 is 10.6 Å². The molecule has 0 unspecified atom stereocenters. The second kappa shape index (κ2) is 13.5. The van der Waals surface area contributed by atoms with Crippen molar-refractivity contribution >= 4 is 18.1 Å². The van der Waals surface area contributed by atoms with E-state index in [4.69, 9.17) is 9.47 Å². The Morgan fingerprint density at radius 3 is 2.22 bits per heavy atom. The summed E-state index contributed by atoms with van der Waals surface area (Å²) in [6, 6.07) is 6.54. The first-order valence-corrected chi connectivity index (χ1v) is 13.0. The van der Waals surface area contributed by atoms with Crippen molar-refractivity contribution in [3.63, 3.8) is 0 Å². The van der Waals surface area contributed by atoms with Crippen LogP contribution in [-0.4, -0.2) is 90.0 Å². The summed E-state index contributed by atoms with van der Waals surface area (Å²) >= 11 is 0. The molecule has 0 aliphatic carbocycles. The summed E-state index contributed by atoms with van der Waals surface area (Å²) in [7, 11) is 0. The monoisotopic (exact) mass is 520 g/mol. The van der Waals surface area contributed by atoms with Crippen LogP contribution in [0.15, 0.2) is 24.3 Å². The number of hydrogen-bond donors (Lipinski definition) is 3. The fraction of sp³-hybridized carbons (Fsp3) is 0.667. The van der Waals surface area contributed by atoms with Crippen molar-refractivity contribution in [2.75, 3.05) is 45.9 Å². The molecule has 0 saturated carbocycles. The fourth-order valence-electron chi connectivity index (χ4n) is 3.88. The van der Waals surface area contributed by atoms with Gasteiger partial charge in [-0.2, -0.15) is 0 Å². The second-order valence-corrected chi connectivity index (χ2v) is 11.2. The fourth-order valence-corrected chi connectivity index (χ4v) is 3.88. The van der Waals surface area contributed by atoms with Crippen molar-refractivity contribution in [3.05, 3.63) is 29.8 Å². The second-order valence-electron chi connectivity index (χ2n) is 11.2. The van der Waals surface area contributed by atoms with Gasteiger partial charge in [-0.25, -0.2) is 9.59 Å². The first-order valence-electron chi connectivity index (χ1n) is 13.0. The number of benzene rings is 1. The van der Waals surface area contributed by atoms with E-state index >= 15 is 0 Å². The third-order valence-electron chi connectivity index (χ3n) is 6.05. The largest absolute Gasteiger partial charge is 0.508 e. The average Bonchev–Trinajstić information content (AvgIpc) is 2.79. The van der Waals surface area contributed by atoms with Gasteiger partial charge in [-0.1, -0.05) is 26.0 Å². The predicted octanol–water partition coefficient (Wildman–Crippen LogP) is 3.13. The first-order chi connectivity index (χ1) is 17.3. The lowest BCUT2D eigenvalue weighted by Gasteiger charge is -2.35. The highest BCUT2D eigenvalue weighted by atomic mass is 16.6. The standard InChI is InChI=1S/C27H44N4O6/c1-20(2)11-12-28-23(33)27(6,19-21-7-9-22(32)10-8-21)29-24(34)36-18-17-30-13-15-31(16-14-30)25(35)37-26(3,4)5/h7-10,20,32H,11-19H2,1-6H3,(H,28,33)(H,29,34)/t27-/m0/s1. The molecule has 10 nitrogen and oxygen atoms in total. The molecule has 0 radical (unpaired) electrons. The highest BCUT2D eigenvalue weighted by molar-refractivity contribution is 5.89. The number of carbonyl (C=O) groups is 3. The maximum Gasteiger partial charge on any atom is 0.410 e. The number of nitrogens with zero attached hydrogens (tertiary/aromatic N) is 2. The Hall–Kier alpha value is -3.01. The molecule has 0 bridgehead atoms. The number of nitrogens with one attached hydrogen (secondary N) is 2. The summed E-state index contributed by atoms with van der Waals surface area (Å²) in [6.07, 6.45) is 0.0740. The van der Waals surface area contributed by atoms with E-state index in [0.717, 1.165) is 12.0 Å². The smallest absolute Gasteiger partial charge is 0.410 e. The highest BCUT2D eigenvalue weighted by Gasteiger charge is 2.36. The number of amides is 3. The van der Waals surface area contributed by atoms with Crippen molar-refractivity contribution < 1.29 is 29.0 Å². The summed E-state index contributed by atoms with van der Waals surface area (Å²) in [5.41, 5.74) is -0.968. The lowest BCUT2D eigenvalue weighted by Crippen LogP contribution is -2.58. The number of ether oxygens (including phenoxy) is 2. The number of aromatic hydroxyl groups is 1. The predicted molar refractivity (Wildman–Crippen MR) is 141 cm³/mol. The molecule has 1 fully saturated rings. The lowest BCUT2D eigenvalue weighted by atomic mass is 9.91. The molecule has 208 valence electrons. The first kappa shape index (κ1) is 30.2. The van der Waals surface area contributed by atoms with Crippen LogP contribution in [-0.2, 0) is 20.7 Å². The van der Waals surface area contributed by atoms with E-state index in [1.807, 2.05) is 20.8 Å². The van der Waals surface area contributed by atoms with Crippen LogP contribution in [0.1, 0.15) is 53.5 Å². The zero-order valence-corrected chi connectivity index (χ0v) is 23.1. The van der Waals surface area contributed by atoms with Crippen LogP contribution in [0.3, 0.4) is 0 Å².